The highest BCUT2D eigenvalue weighted by Gasteiger charge is 2.49. The van der Waals surface area contributed by atoms with Gasteiger partial charge in [-0.25, -0.2) is 9.78 Å². The lowest BCUT2D eigenvalue weighted by molar-refractivity contribution is -0.131. The second-order valence-electron chi connectivity index (χ2n) is 7.92. The van der Waals surface area contributed by atoms with E-state index in [-0.39, 0.29) is 18.0 Å². The van der Waals surface area contributed by atoms with Crippen molar-refractivity contribution in [1.29, 1.82) is 0 Å². The van der Waals surface area contributed by atoms with E-state index < -0.39 is 11.6 Å². The zero-order valence-electron chi connectivity index (χ0n) is 17.1. The molecule has 1 fully saturated rings. The number of rotatable bonds is 3. The van der Waals surface area contributed by atoms with E-state index in [1.807, 2.05) is 61.5 Å². The van der Waals surface area contributed by atoms with Crippen LogP contribution >= 0.6 is 0 Å². The van der Waals surface area contributed by atoms with Crippen molar-refractivity contribution in [2.45, 2.75) is 25.9 Å². The maximum absolute atomic E-state index is 13.4. The maximum atomic E-state index is 13.4. The van der Waals surface area contributed by atoms with Crippen LogP contribution in [0.3, 0.4) is 0 Å². The molecule has 0 radical (unpaired) electrons. The van der Waals surface area contributed by atoms with Crippen LogP contribution in [0.5, 0.6) is 0 Å². The molecule has 1 aliphatic rings. The molecule has 3 heterocycles. The lowest BCUT2D eigenvalue weighted by Crippen LogP contribution is -2.41. The van der Waals surface area contributed by atoms with Crippen molar-refractivity contribution in [3.05, 3.63) is 94.0 Å². The highest BCUT2D eigenvalue weighted by atomic mass is 16.2. The summed E-state index contributed by atoms with van der Waals surface area (Å²) in [6, 6.07) is 19.7. The van der Waals surface area contributed by atoms with Gasteiger partial charge in [0, 0.05) is 11.8 Å². The fourth-order valence-electron chi connectivity index (χ4n) is 4.29. The molecule has 1 aliphatic heterocycles. The molecule has 154 valence electrons. The van der Waals surface area contributed by atoms with Crippen LogP contribution in [0.25, 0.3) is 16.4 Å². The Kier molecular flexibility index (Phi) is 4.15. The van der Waals surface area contributed by atoms with Crippen LogP contribution in [0, 0.1) is 6.92 Å². The molecule has 0 bridgehead atoms. The van der Waals surface area contributed by atoms with Crippen molar-refractivity contribution in [3.63, 3.8) is 0 Å². The number of nitrogens with one attached hydrogen (secondary N) is 1. The average molecular weight is 412 g/mol. The summed E-state index contributed by atoms with van der Waals surface area (Å²) in [4.78, 5) is 44.4. The zero-order chi connectivity index (χ0) is 21.8. The SMILES string of the molecule is Cc1cccc2nc(CN3C(=O)NC(C)(c4cccc5ccccc45)C3=O)cc(=O)n12. The molecule has 31 heavy (non-hydrogen) atoms. The van der Waals surface area contributed by atoms with Crippen molar-refractivity contribution < 1.29 is 9.59 Å². The Balaban J connectivity index is 1.54. The van der Waals surface area contributed by atoms with Gasteiger partial charge in [0.25, 0.3) is 11.5 Å². The Hall–Kier alpha value is -4.00. The molecule has 0 spiro atoms. The number of amides is 3. The smallest absolute Gasteiger partial charge is 0.319 e. The van der Waals surface area contributed by atoms with Crippen molar-refractivity contribution in [2.75, 3.05) is 0 Å². The van der Waals surface area contributed by atoms with E-state index in [1.54, 1.807) is 13.0 Å². The molecule has 7 nitrogen and oxygen atoms in total. The minimum absolute atomic E-state index is 0.0787. The highest BCUT2D eigenvalue weighted by Crippen LogP contribution is 2.34. The lowest BCUT2D eigenvalue weighted by atomic mass is 9.88. The number of hydrogen-bond donors (Lipinski definition) is 1. The number of carbonyl (C=O) groups excluding carboxylic acids is 2. The third kappa shape index (κ3) is 2.89. The number of aromatic nitrogens is 2. The van der Waals surface area contributed by atoms with Crippen LogP contribution in [0.1, 0.15) is 23.9 Å². The van der Waals surface area contributed by atoms with Crippen molar-refractivity contribution >= 4 is 28.4 Å². The number of pyridine rings is 1. The first-order valence-corrected chi connectivity index (χ1v) is 9.99. The summed E-state index contributed by atoms with van der Waals surface area (Å²) in [6.45, 7) is 3.45. The largest absolute Gasteiger partial charge is 0.325 e. The number of carbonyl (C=O) groups is 2. The van der Waals surface area contributed by atoms with Crippen LogP contribution < -0.4 is 10.9 Å². The van der Waals surface area contributed by atoms with Crippen molar-refractivity contribution in [1.82, 2.24) is 19.6 Å². The van der Waals surface area contributed by atoms with Gasteiger partial charge in [0.15, 0.2) is 0 Å². The van der Waals surface area contributed by atoms with E-state index in [2.05, 4.69) is 10.3 Å². The highest BCUT2D eigenvalue weighted by molar-refractivity contribution is 6.09. The van der Waals surface area contributed by atoms with Gasteiger partial charge in [-0.3, -0.25) is 18.9 Å². The van der Waals surface area contributed by atoms with E-state index >= 15 is 0 Å². The molecule has 4 aromatic rings. The summed E-state index contributed by atoms with van der Waals surface area (Å²) >= 11 is 0. The first kappa shape index (κ1) is 19.0. The molecule has 1 atom stereocenters. The molecule has 1 N–H and O–H groups in total. The van der Waals surface area contributed by atoms with Gasteiger partial charge in [0.2, 0.25) is 0 Å². The van der Waals surface area contributed by atoms with Gasteiger partial charge in [0.1, 0.15) is 11.2 Å². The Morgan fingerprint density at radius 2 is 1.71 bits per heavy atom. The van der Waals surface area contributed by atoms with Gasteiger partial charge in [-0.05, 0) is 42.3 Å². The summed E-state index contributed by atoms with van der Waals surface area (Å²) < 4.78 is 1.50. The Morgan fingerprint density at radius 3 is 2.55 bits per heavy atom. The molecular formula is C24H20N4O3. The Bertz CT molecular complexity index is 1440. The lowest BCUT2D eigenvalue weighted by Gasteiger charge is -2.24. The number of hydrogen-bond acceptors (Lipinski definition) is 4. The number of benzene rings is 2. The van der Waals surface area contributed by atoms with E-state index in [1.165, 1.54) is 10.5 Å². The molecule has 2 aromatic carbocycles. The van der Waals surface area contributed by atoms with Crippen molar-refractivity contribution in [2.24, 2.45) is 0 Å². The number of aryl methyl sites for hydroxylation is 1. The van der Waals surface area contributed by atoms with Crippen LogP contribution in [0.2, 0.25) is 0 Å². The number of imide groups is 1. The normalized spacial score (nSPS) is 18.7. The first-order chi connectivity index (χ1) is 14.9. The summed E-state index contributed by atoms with van der Waals surface area (Å²) in [6.07, 6.45) is 0. The van der Waals surface area contributed by atoms with E-state index in [0.29, 0.717) is 11.3 Å². The minimum Gasteiger partial charge on any atom is -0.319 e. The quantitative estimate of drug-likeness (QED) is 0.524. The molecule has 0 saturated carbocycles. The third-order valence-electron chi connectivity index (χ3n) is 5.86. The monoisotopic (exact) mass is 412 g/mol. The molecule has 7 heteroatoms. The molecular weight excluding hydrogens is 392 g/mol. The second-order valence-corrected chi connectivity index (χ2v) is 7.92. The Labute approximate surface area is 177 Å². The first-order valence-electron chi connectivity index (χ1n) is 9.99. The third-order valence-corrected chi connectivity index (χ3v) is 5.86. The van der Waals surface area contributed by atoms with Crippen LogP contribution in [0.4, 0.5) is 4.79 Å². The van der Waals surface area contributed by atoms with Crippen LogP contribution in [0.15, 0.2) is 71.5 Å². The van der Waals surface area contributed by atoms with Gasteiger partial charge >= 0.3 is 6.03 Å². The average Bonchev–Trinajstić information content (AvgIpc) is 2.97. The zero-order valence-corrected chi connectivity index (χ0v) is 17.1. The predicted octanol–water partition coefficient (Wildman–Crippen LogP) is 3.12. The fourth-order valence-corrected chi connectivity index (χ4v) is 4.29. The van der Waals surface area contributed by atoms with Crippen LogP contribution in [-0.2, 0) is 16.9 Å². The Morgan fingerprint density at radius 1 is 0.968 bits per heavy atom. The standard InChI is InChI=1S/C24H20N4O3/c1-15-7-5-12-20-25-17(13-21(29)28(15)20)14-27-22(30)24(2,26-23(27)31)19-11-6-9-16-8-3-4-10-18(16)19/h3-13H,14H2,1-2H3,(H,26,31). The summed E-state index contributed by atoms with van der Waals surface area (Å²) in [5.41, 5.74) is 0.878. The van der Waals surface area contributed by atoms with Gasteiger partial charge in [0.05, 0.1) is 12.2 Å². The van der Waals surface area contributed by atoms with Gasteiger partial charge < -0.3 is 5.32 Å². The molecule has 0 aliphatic carbocycles. The number of urea groups is 1. The number of fused-ring (bicyclic) bond motifs is 2. The molecule has 3 amide bonds. The van der Waals surface area contributed by atoms with E-state index in [0.717, 1.165) is 26.9 Å². The molecule has 1 unspecified atom stereocenters. The summed E-state index contributed by atoms with van der Waals surface area (Å²) in [5, 5.41) is 4.74. The van der Waals surface area contributed by atoms with Gasteiger partial charge in [-0.2, -0.15) is 0 Å². The summed E-state index contributed by atoms with van der Waals surface area (Å²) in [7, 11) is 0. The molecule has 1 saturated heterocycles. The maximum Gasteiger partial charge on any atom is 0.325 e. The molecule has 2 aromatic heterocycles. The van der Waals surface area contributed by atoms with Crippen molar-refractivity contribution in [3.8, 4) is 0 Å². The van der Waals surface area contributed by atoms with Crippen LogP contribution in [-0.4, -0.2) is 26.2 Å². The predicted molar refractivity (Wildman–Crippen MR) is 117 cm³/mol. The number of nitrogens with zero attached hydrogens (tertiary/aromatic N) is 3. The van der Waals surface area contributed by atoms with E-state index in [4.69, 9.17) is 0 Å². The topological polar surface area (TPSA) is 83.8 Å². The molecule has 5 rings (SSSR count). The van der Waals surface area contributed by atoms with E-state index in [9.17, 15) is 14.4 Å². The second kappa shape index (κ2) is 6.77. The fraction of sp³-hybridized carbons (Fsp3) is 0.167. The van der Waals surface area contributed by atoms with Gasteiger partial charge in [-0.15, -0.1) is 0 Å². The minimum atomic E-state index is -1.21. The van der Waals surface area contributed by atoms with Gasteiger partial charge in [-0.1, -0.05) is 48.5 Å². The summed E-state index contributed by atoms with van der Waals surface area (Å²) in [5.74, 6) is -0.375.